The molecule has 0 saturated carbocycles. The van der Waals surface area contributed by atoms with E-state index in [2.05, 4.69) is 5.10 Å². The molecule has 1 amide bonds. The molecule has 1 aliphatic rings. The summed E-state index contributed by atoms with van der Waals surface area (Å²) in [4.78, 5) is 25.3. The van der Waals surface area contributed by atoms with E-state index in [0.717, 1.165) is 30.5 Å². The number of hydrogen-bond donors (Lipinski definition) is 1. The second-order valence-corrected chi connectivity index (χ2v) is 7.40. The lowest BCUT2D eigenvalue weighted by Crippen LogP contribution is -2.34. The molecule has 2 aromatic rings. The fourth-order valence-electron chi connectivity index (χ4n) is 3.21. The standard InChI is InChI=1S/C18H19Cl2N3O3/c1-10(18(25)26)9-22(2)17(24)16-12-4-3-5-14(12)23(21-16)15-7-6-11(19)8-13(15)20/h6-8,10H,3-5,9H2,1-2H3,(H,25,26). The quantitative estimate of drug-likeness (QED) is 0.840. The maximum Gasteiger partial charge on any atom is 0.308 e. The average Bonchev–Trinajstić information content (AvgIpc) is 3.17. The Morgan fingerprint density at radius 2 is 2.08 bits per heavy atom. The Labute approximate surface area is 161 Å². The molecule has 8 heteroatoms. The fraction of sp³-hybridized carbons (Fsp3) is 0.389. The summed E-state index contributed by atoms with van der Waals surface area (Å²) in [6.45, 7) is 1.69. The number of aliphatic carboxylic acids is 1. The van der Waals surface area contributed by atoms with Gasteiger partial charge in [-0.05, 0) is 37.5 Å². The number of carboxylic acid groups (broad SMARTS) is 1. The SMILES string of the molecule is CC(CN(C)C(=O)c1nn(-c2ccc(Cl)cc2Cl)c2c1CCC2)C(=O)O. The van der Waals surface area contributed by atoms with Crippen LogP contribution >= 0.6 is 23.2 Å². The van der Waals surface area contributed by atoms with Crippen LogP contribution in [-0.4, -0.2) is 45.3 Å². The summed E-state index contributed by atoms with van der Waals surface area (Å²) in [7, 11) is 1.59. The molecule has 1 atom stereocenters. The normalized spacial score (nSPS) is 14.2. The van der Waals surface area contributed by atoms with Crippen LogP contribution in [0.4, 0.5) is 0 Å². The molecular formula is C18H19Cl2N3O3. The number of benzene rings is 1. The van der Waals surface area contributed by atoms with Crippen LogP contribution in [0.5, 0.6) is 0 Å². The Bertz CT molecular complexity index is 879. The zero-order valence-electron chi connectivity index (χ0n) is 14.5. The molecular weight excluding hydrogens is 377 g/mol. The molecule has 0 spiro atoms. The summed E-state index contributed by atoms with van der Waals surface area (Å²) in [5.74, 6) is -1.86. The number of carbonyl (C=O) groups excluding carboxylic acids is 1. The van der Waals surface area contributed by atoms with Crippen LogP contribution in [0, 0.1) is 5.92 Å². The van der Waals surface area contributed by atoms with Gasteiger partial charge in [0.25, 0.3) is 5.91 Å². The van der Waals surface area contributed by atoms with Gasteiger partial charge in [-0.25, -0.2) is 4.68 Å². The maximum absolute atomic E-state index is 12.8. The fourth-order valence-corrected chi connectivity index (χ4v) is 3.70. The van der Waals surface area contributed by atoms with Crippen molar-refractivity contribution >= 4 is 35.1 Å². The van der Waals surface area contributed by atoms with Gasteiger partial charge in [0.15, 0.2) is 5.69 Å². The van der Waals surface area contributed by atoms with Crippen molar-refractivity contribution < 1.29 is 14.7 Å². The van der Waals surface area contributed by atoms with Gasteiger partial charge in [0, 0.05) is 29.9 Å². The molecule has 1 aromatic carbocycles. The Balaban J connectivity index is 1.97. The Morgan fingerprint density at radius 3 is 2.73 bits per heavy atom. The van der Waals surface area contributed by atoms with Crippen molar-refractivity contribution in [3.63, 3.8) is 0 Å². The minimum Gasteiger partial charge on any atom is -0.481 e. The number of carboxylic acids is 1. The van der Waals surface area contributed by atoms with Gasteiger partial charge in [0.2, 0.25) is 0 Å². The second-order valence-electron chi connectivity index (χ2n) is 6.56. The van der Waals surface area contributed by atoms with Gasteiger partial charge in [-0.15, -0.1) is 0 Å². The molecule has 1 heterocycles. The van der Waals surface area contributed by atoms with E-state index in [1.165, 1.54) is 4.90 Å². The Hall–Kier alpha value is -2.05. The van der Waals surface area contributed by atoms with E-state index in [4.69, 9.17) is 28.3 Å². The number of amides is 1. The van der Waals surface area contributed by atoms with Crippen LogP contribution in [0.25, 0.3) is 5.69 Å². The zero-order chi connectivity index (χ0) is 19.0. The molecule has 138 valence electrons. The zero-order valence-corrected chi connectivity index (χ0v) is 16.0. The third-order valence-corrected chi connectivity index (χ3v) is 5.12. The van der Waals surface area contributed by atoms with E-state index in [9.17, 15) is 9.59 Å². The van der Waals surface area contributed by atoms with Crippen molar-refractivity contribution in [3.05, 3.63) is 45.2 Å². The van der Waals surface area contributed by atoms with E-state index in [1.54, 1.807) is 36.9 Å². The van der Waals surface area contributed by atoms with Crippen LogP contribution < -0.4 is 0 Å². The van der Waals surface area contributed by atoms with E-state index in [0.29, 0.717) is 21.4 Å². The predicted molar refractivity (Wildman–Crippen MR) is 99.4 cm³/mol. The molecule has 1 N–H and O–H groups in total. The average molecular weight is 396 g/mol. The lowest BCUT2D eigenvalue weighted by atomic mass is 10.1. The third-order valence-electron chi connectivity index (χ3n) is 4.59. The van der Waals surface area contributed by atoms with E-state index in [1.807, 2.05) is 0 Å². The summed E-state index contributed by atoms with van der Waals surface area (Å²) in [5, 5.41) is 14.6. The highest BCUT2D eigenvalue weighted by Gasteiger charge is 2.30. The van der Waals surface area contributed by atoms with Gasteiger partial charge >= 0.3 is 5.97 Å². The van der Waals surface area contributed by atoms with Crippen LogP contribution in [-0.2, 0) is 17.6 Å². The second kappa shape index (κ2) is 7.29. The smallest absolute Gasteiger partial charge is 0.308 e. The lowest BCUT2D eigenvalue weighted by Gasteiger charge is -2.18. The highest BCUT2D eigenvalue weighted by atomic mass is 35.5. The van der Waals surface area contributed by atoms with Crippen molar-refractivity contribution in [2.24, 2.45) is 5.92 Å². The predicted octanol–water partition coefficient (Wildman–Crippen LogP) is 3.46. The van der Waals surface area contributed by atoms with Gasteiger partial charge in [-0.3, -0.25) is 9.59 Å². The first kappa shape index (κ1) is 18.7. The number of hydrogen-bond acceptors (Lipinski definition) is 3. The summed E-state index contributed by atoms with van der Waals surface area (Å²) in [6.07, 6.45) is 2.52. The largest absolute Gasteiger partial charge is 0.481 e. The van der Waals surface area contributed by atoms with Gasteiger partial charge in [0.05, 0.1) is 16.6 Å². The molecule has 0 saturated heterocycles. The van der Waals surface area contributed by atoms with Crippen LogP contribution in [0.3, 0.4) is 0 Å². The first-order chi connectivity index (χ1) is 12.3. The molecule has 0 radical (unpaired) electrons. The molecule has 1 unspecified atom stereocenters. The molecule has 0 aliphatic heterocycles. The summed E-state index contributed by atoms with van der Waals surface area (Å²) >= 11 is 12.3. The first-order valence-corrected chi connectivity index (χ1v) is 9.09. The van der Waals surface area contributed by atoms with Crippen molar-refractivity contribution in [2.45, 2.75) is 26.2 Å². The molecule has 1 aromatic heterocycles. The topological polar surface area (TPSA) is 75.4 Å². The van der Waals surface area contributed by atoms with Crippen LogP contribution in [0.15, 0.2) is 18.2 Å². The van der Waals surface area contributed by atoms with Gasteiger partial charge in [-0.2, -0.15) is 5.10 Å². The van der Waals surface area contributed by atoms with E-state index in [-0.39, 0.29) is 12.5 Å². The molecule has 0 fully saturated rings. The summed E-state index contributed by atoms with van der Waals surface area (Å²) in [5.41, 5.74) is 2.92. The van der Waals surface area contributed by atoms with E-state index >= 15 is 0 Å². The highest BCUT2D eigenvalue weighted by Crippen LogP contribution is 2.32. The molecule has 3 rings (SSSR count). The molecule has 26 heavy (non-hydrogen) atoms. The first-order valence-electron chi connectivity index (χ1n) is 8.34. The summed E-state index contributed by atoms with van der Waals surface area (Å²) < 4.78 is 1.71. The maximum atomic E-state index is 12.8. The monoisotopic (exact) mass is 395 g/mol. The minimum absolute atomic E-state index is 0.123. The molecule has 6 nitrogen and oxygen atoms in total. The molecule has 0 bridgehead atoms. The Morgan fingerprint density at radius 1 is 1.35 bits per heavy atom. The highest BCUT2D eigenvalue weighted by molar-refractivity contribution is 6.35. The van der Waals surface area contributed by atoms with Crippen molar-refractivity contribution in [1.82, 2.24) is 14.7 Å². The number of rotatable bonds is 5. The van der Waals surface area contributed by atoms with Gasteiger partial charge in [0.1, 0.15) is 0 Å². The minimum atomic E-state index is -0.937. The van der Waals surface area contributed by atoms with Gasteiger partial charge < -0.3 is 10.0 Å². The van der Waals surface area contributed by atoms with Crippen molar-refractivity contribution in [2.75, 3.05) is 13.6 Å². The van der Waals surface area contributed by atoms with Gasteiger partial charge in [-0.1, -0.05) is 30.1 Å². The Kier molecular flexibility index (Phi) is 5.25. The number of aromatic nitrogens is 2. The van der Waals surface area contributed by atoms with Crippen LogP contribution in [0.2, 0.25) is 10.0 Å². The number of nitrogens with zero attached hydrogens (tertiary/aromatic N) is 3. The lowest BCUT2D eigenvalue weighted by molar-refractivity contribution is -0.141. The third kappa shape index (κ3) is 3.44. The van der Waals surface area contributed by atoms with Crippen molar-refractivity contribution in [3.8, 4) is 5.69 Å². The van der Waals surface area contributed by atoms with Crippen molar-refractivity contribution in [1.29, 1.82) is 0 Å². The number of fused-ring (bicyclic) bond motifs is 1. The number of halogens is 2. The molecule has 1 aliphatic carbocycles. The number of carbonyl (C=O) groups is 2. The van der Waals surface area contributed by atoms with Crippen LogP contribution in [0.1, 0.15) is 35.1 Å². The van der Waals surface area contributed by atoms with E-state index < -0.39 is 11.9 Å². The summed E-state index contributed by atoms with van der Waals surface area (Å²) in [6, 6.07) is 5.15.